The molecule has 0 saturated carbocycles. The highest BCUT2D eigenvalue weighted by Gasteiger charge is 2.38. The van der Waals surface area contributed by atoms with Crippen molar-refractivity contribution in [2.75, 3.05) is 17.4 Å². The van der Waals surface area contributed by atoms with Gasteiger partial charge in [-0.2, -0.15) is 0 Å². The number of hydrogen-bond acceptors (Lipinski definition) is 3. The van der Waals surface area contributed by atoms with E-state index in [1.165, 1.54) is 4.31 Å². The molecule has 1 aliphatic heterocycles. The molecule has 4 nitrogen and oxygen atoms in total. The van der Waals surface area contributed by atoms with Gasteiger partial charge in [0.1, 0.15) is 0 Å². The molecular weight excluding hydrogens is 260 g/mol. The molecular formula is C11H15ClN2O2S. The van der Waals surface area contributed by atoms with Crippen molar-refractivity contribution in [1.82, 2.24) is 0 Å². The zero-order valence-corrected chi connectivity index (χ0v) is 11.1. The molecule has 1 saturated heterocycles. The minimum Gasteiger partial charge on any atom is -0.329 e. The van der Waals surface area contributed by atoms with Gasteiger partial charge in [-0.25, -0.2) is 8.42 Å². The van der Waals surface area contributed by atoms with Gasteiger partial charge in [0.2, 0.25) is 10.0 Å². The quantitative estimate of drug-likeness (QED) is 0.889. The summed E-state index contributed by atoms with van der Waals surface area (Å²) in [5.74, 6) is 0. The van der Waals surface area contributed by atoms with Gasteiger partial charge < -0.3 is 5.73 Å². The standard InChI is InChI=1S/C11H15ClN2O2S/c1-8-2-3-9(12)6-11(8)14-5-4-10(7-13)17(14,15)16/h2-3,6,10H,4-5,7,13H2,1H3/t10-/m1/s1. The summed E-state index contributed by atoms with van der Waals surface area (Å²) in [5, 5.41) is 0.0675. The van der Waals surface area contributed by atoms with E-state index >= 15 is 0 Å². The van der Waals surface area contributed by atoms with Crippen LogP contribution in [0.25, 0.3) is 0 Å². The monoisotopic (exact) mass is 274 g/mol. The third kappa shape index (κ3) is 2.14. The predicted octanol–water partition coefficient (Wildman–Crippen LogP) is 1.52. The second-order valence-electron chi connectivity index (χ2n) is 4.19. The Hall–Kier alpha value is -0.780. The van der Waals surface area contributed by atoms with Crippen molar-refractivity contribution in [1.29, 1.82) is 0 Å². The van der Waals surface area contributed by atoms with Gasteiger partial charge in [0.15, 0.2) is 0 Å². The Labute approximate surface area is 106 Å². The molecule has 94 valence electrons. The van der Waals surface area contributed by atoms with Crippen molar-refractivity contribution >= 4 is 27.3 Å². The van der Waals surface area contributed by atoms with Crippen LogP contribution in [0.5, 0.6) is 0 Å². The molecule has 0 unspecified atom stereocenters. The van der Waals surface area contributed by atoms with E-state index in [2.05, 4.69) is 0 Å². The minimum atomic E-state index is -3.32. The Bertz CT molecular complexity index is 530. The van der Waals surface area contributed by atoms with Crippen LogP contribution in [0, 0.1) is 6.92 Å². The summed E-state index contributed by atoms with van der Waals surface area (Å²) in [6.45, 7) is 2.51. The minimum absolute atomic E-state index is 0.165. The predicted molar refractivity (Wildman–Crippen MR) is 69.9 cm³/mol. The van der Waals surface area contributed by atoms with Crippen LogP contribution in [-0.4, -0.2) is 26.8 Å². The number of nitrogens with zero attached hydrogens (tertiary/aromatic N) is 1. The second kappa shape index (κ2) is 4.48. The fraction of sp³-hybridized carbons (Fsp3) is 0.455. The highest BCUT2D eigenvalue weighted by atomic mass is 35.5. The smallest absolute Gasteiger partial charge is 0.239 e. The van der Waals surface area contributed by atoms with Gasteiger partial charge in [-0.05, 0) is 31.0 Å². The maximum absolute atomic E-state index is 12.2. The first-order chi connectivity index (χ1) is 7.96. The number of halogens is 1. The largest absolute Gasteiger partial charge is 0.329 e. The lowest BCUT2D eigenvalue weighted by Crippen LogP contribution is -2.33. The molecule has 0 spiro atoms. The summed E-state index contributed by atoms with van der Waals surface area (Å²) in [5.41, 5.74) is 7.05. The topological polar surface area (TPSA) is 63.4 Å². The molecule has 1 aliphatic rings. The average molecular weight is 275 g/mol. The van der Waals surface area contributed by atoms with Crippen molar-refractivity contribution in [3.8, 4) is 0 Å². The van der Waals surface area contributed by atoms with Crippen LogP contribution in [0.3, 0.4) is 0 Å². The molecule has 1 aromatic carbocycles. The molecule has 2 N–H and O–H groups in total. The third-order valence-corrected chi connectivity index (χ3v) is 5.58. The molecule has 2 rings (SSSR count). The Morgan fingerprint density at radius 2 is 2.24 bits per heavy atom. The first-order valence-electron chi connectivity index (χ1n) is 5.44. The van der Waals surface area contributed by atoms with Crippen LogP contribution in [0.4, 0.5) is 5.69 Å². The van der Waals surface area contributed by atoms with Gasteiger partial charge in [0.25, 0.3) is 0 Å². The van der Waals surface area contributed by atoms with Gasteiger partial charge in [-0.3, -0.25) is 4.31 Å². The van der Waals surface area contributed by atoms with E-state index in [0.717, 1.165) is 5.56 Å². The SMILES string of the molecule is Cc1ccc(Cl)cc1N1CC[C@H](CN)S1(=O)=O. The van der Waals surface area contributed by atoms with Gasteiger partial charge in [-0.1, -0.05) is 17.7 Å². The van der Waals surface area contributed by atoms with Gasteiger partial charge in [-0.15, -0.1) is 0 Å². The highest BCUT2D eigenvalue weighted by Crippen LogP contribution is 2.32. The summed E-state index contributed by atoms with van der Waals surface area (Å²) < 4.78 is 25.8. The Balaban J connectivity index is 2.45. The number of benzene rings is 1. The average Bonchev–Trinajstić information content (AvgIpc) is 2.57. The van der Waals surface area contributed by atoms with E-state index in [9.17, 15) is 8.42 Å². The van der Waals surface area contributed by atoms with E-state index in [1.54, 1.807) is 12.1 Å². The lowest BCUT2D eigenvalue weighted by Gasteiger charge is -2.20. The first kappa shape index (κ1) is 12.7. The zero-order valence-electron chi connectivity index (χ0n) is 9.56. The number of rotatable bonds is 2. The fourth-order valence-electron chi connectivity index (χ4n) is 2.07. The van der Waals surface area contributed by atoms with Crippen LogP contribution in [0.15, 0.2) is 18.2 Å². The molecule has 1 heterocycles. The maximum Gasteiger partial charge on any atom is 0.239 e. The van der Waals surface area contributed by atoms with Crippen LogP contribution >= 0.6 is 11.6 Å². The van der Waals surface area contributed by atoms with Crippen molar-refractivity contribution in [3.63, 3.8) is 0 Å². The second-order valence-corrected chi connectivity index (χ2v) is 6.77. The lowest BCUT2D eigenvalue weighted by atomic mass is 10.2. The molecule has 6 heteroatoms. The molecule has 1 atom stereocenters. The molecule has 0 radical (unpaired) electrons. The van der Waals surface area contributed by atoms with Crippen molar-refractivity contribution in [2.24, 2.45) is 5.73 Å². The van der Waals surface area contributed by atoms with Crippen molar-refractivity contribution in [3.05, 3.63) is 28.8 Å². The van der Waals surface area contributed by atoms with E-state index in [0.29, 0.717) is 23.7 Å². The summed E-state index contributed by atoms with van der Waals surface area (Å²) in [6, 6.07) is 5.26. The van der Waals surface area contributed by atoms with Gasteiger partial charge in [0, 0.05) is 18.1 Å². The highest BCUT2D eigenvalue weighted by molar-refractivity contribution is 7.93. The Morgan fingerprint density at radius 1 is 1.53 bits per heavy atom. The van der Waals surface area contributed by atoms with Gasteiger partial charge >= 0.3 is 0 Å². The van der Waals surface area contributed by atoms with Crippen LogP contribution < -0.4 is 10.0 Å². The van der Waals surface area contributed by atoms with Crippen molar-refractivity contribution in [2.45, 2.75) is 18.6 Å². The number of sulfonamides is 1. The zero-order chi connectivity index (χ0) is 12.6. The van der Waals surface area contributed by atoms with Crippen LogP contribution in [0.1, 0.15) is 12.0 Å². The summed E-state index contributed by atoms with van der Waals surface area (Å²) in [4.78, 5) is 0. The lowest BCUT2D eigenvalue weighted by molar-refractivity contribution is 0.588. The molecule has 0 aliphatic carbocycles. The summed E-state index contributed by atoms with van der Waals surface area (Å²) in [7, 11) is -3.32. The number of aryl methyl sites for hydroxylation is 1. The Kier molecular flexibility index (Phi) is 3.34. The van der Waals surface area contributed by atoms with Crippen molar-refractivity contribution < 1.29 is 8.42 Å². The molecule has 0 aromatic heterocycles. The number of nitrogens with two attached hydrogens (primary N) is 1. The third-order valence-electron chi connectivity index (χ3n) is 3.09. The number of hydrogen-bond donors (Lipinski definition) is 1. The number of anilines is 1. The molecule has 0 amide bonds. The first-order valence-corrected chi connectivity index (χ1v) is 7.32. The van der Waals surface area contributed by atoms with Gasteiger partial charge in [0.05, 0.1) is 10.9 Å². The molecule has 1 aromatic rings. The molecule has 17 heavy (non-hydrogen) atoms. The van der Waals surface area contributed by atoms with E-state index in [-0.39, 0.29) is 6.54 Å². The molecule has 1 fully saturated rings. The maximum atomic E-state index is 12.2. The summed E-state index contributed by atoms with van der Waals surface area (Å²) >= 11 is 5.91. The fourth-order valence-corrected chi connectivity index (χ4v) is 4.07. The molecule has 0 bridgehead atoms. The Morgan fingerprint density at radius 3 is 2.82 bits per heavy atom. The normalized spacial score (nSPS) is 23.0. The van der Waals surface area contributed by atoms with E-state index in [1.807, 2.05) is 13.0 Å². The van der Waals surface area contributed by atoms with Crippen LogP contribution in [-0.2, 0) is 10.0 Å². The van der Waals surface area contributed by atoms with E-state index < -0.39 is 15.3 Å². The van der Waals surface area contributed by atoms with E-state index in [4.69, 9.17) is 17.3 Å². The van der Waals surface area contributed by atoms with Crippen LogP contribution in [0.2, 0.25) is 5.02 Å². The summed E-state index contributed by atoms with van der Waals surface area (Å²) in [6.07, 6.45) is 0.574.